The number of rotatable bonds is 4. The molecule has 0 aromatic heterocycles. The van der Waals surface area contributed by atoms with Crippen molar-refractivity contribution < 1.29 is 19.1 Å². The zero-order chi connectivity index (χ0) is 18.0. The second-order valence-electron chi connectivity index (χ2n) is 6.72. The second kappa shape index (κ2) is 7.33. The number of hydrogen-bond donors (Lipinski definition) is 0. The molecule has 136 valence electrons. The standard InChI is InChI=1S/C19H26N2O4/c1-13-16(24-2)8-7-15(17(13)25-3)19(23)21-10-4-9-20(11-12-21)18(22)14-5-6-14/h7-8,14H,4-6,9-12H2,1-3H3. The molecule has 0 spiro atoms. The van der Waals surface area contributed by atoms with Crippen LogP contribution in [0.25, 0.3) is 0 Å². The van der Waals surface area contributed by atoms with E-state index in [1.807, 2.05) is 16.7 Å². The van der Waals surface area contributed by atoms with Crippen LogP contribution in [0.4, 0.5) is 0 Å². The van der Waals surface area contributed by atoms with E-state index < -0.39 is 0 Å². The molecule has 1 aliphatic carbocycles. The van der Waals surface area contributed by atoms with Crippen LogP contribution in [0, 0.1) is 12.8 Å². The van der Waals surface area contributed by atoms with E-state index in [-0.39, 0.29) is 17.7 Å². The van der Waals surface area contributed by atoms with E-state index >= 15 is 0 Å². The molecule has 3 rings (SSSR count). The maximum Gasteiger partial charge on any atom is 0.257 e. The van der Waals surface area contributed by atoms with Crippen LogP contribution >= 0.6 is 0 Å². The molecule has 2 amide bonds. The molecule has 1 aromatic carbocycles. The van der Waals surface area contributed by atoms with Gasteiger partial charge in [0.25, 0.3) is 5.91 Å². The van der Waals surface area contributed by atoms with Gasteiger partial charge in [0.15, 0.2) is 0 Å². The van der Waals surface area contributed by atoms with Gasteiger partial charge in [0.05, 0.1) is 19.8 Å². The summed E-state index contributed by atoms with van der Waals surface area (Å²) in [5, 5.41) is 0. The summed E-state index contributed by atoms with van der Waals surface area (Å²) in [7, 11) is 3.17. The van der Waals surface area contributed by atoms with Crippen LogP contribution < -0.4 is 9.47 Å². The summed E-state index contributed by atoms with van der Waals surface area (Å²) in [6, 6.07) is 3.55. The number of hydrogen-bond acceptors (Lipinski definition) is 4. The van der Waals surface area contributed by atoms with Gasteiger partial charge in [-0.2, -0.15) is 0 Å². The zero-order valence-corrected chi connectivity index (χ0v) is 15.2. The summed E-state index contributed by atoms with van der Waals surface area (Å²) in [4.78, 5) is 29.0. The number of ether oxygens (including phenoxy) is 2. The van der Waals surface area contributed by atoms with Crippen LogP contribution in [0.3, 0.4) is 0 Å². The molecule has 1 aromatic rings. The Kier molecular flexibility index (Phi) is 5.16. The Hall–Kier alpha value is -2.24. The lowest BCUT2D eigenvalue weighted by Crippen LogP contribution is -2.38. The molecule has 0 atom stereocenters. The Morgan fingerprint density at radius 1 is 1.00 bits per heavy atom. The van der Waals surface area contributed by atoms with Crippen molar-refractivity contribution in [2.24, 2.45) is 5.92 Å². The smallest absolute Gasteiger partial charge is 0.257 e. The molecule has 0 unspecified atom stereocenters. The summed E-state index contributed by atoms with van der Waals surface area (Å²) >= 11 is 0. The van der Waals surface area contributed by atoms with E-state index in [2.05, 4.69) is 0 Å². The van der Waals surface area contributed by atoms with Crippen molar-refractivity contribution in [1.29, 1.82) is 0 Å². The summed E-state index contributed by atoms with van der Waals surface area (Å²) in [5.41, 5.74) is 1.36. The number of nitrogens with zero attached hydrogens (tertiary/aromatic N) is 2. The Morgan fingerprint density at radius 3 is 2.32 bits per heavy atom. The highest BCUT2D eigenvalue weighted by molar-refractivity contribution is 5.97. The number of benzene rings is 1. The van der Waals surface area contributed by atoms with Crippen molar-refractivity contribution in [2.45, 2.75) is 26.2 Å². The van der Waals surface area contributed by atoms with E-state index in [1.54, 1.807) is 26.4 Å². The van der Waals surface area contributed by atoms with Crippen molar-refractivity contribution in [3.05, 3.63) is 23.3 Å². The van der Waals surface area contributed by atoms with E-state index in [1.165, 1.54) is 0 Å². The van der Waals surface area contributed by atoms with Gasteiger partial charge in [-0.05, 0) is 38.3 Å². The molecule has 1 saturated heterocycles. The summed E-state index contributed by atoms with van der Waals surface area (Å²) in [6.07, 6.45) is 2.84. The normalized spacial score (nSPS) is 17.9. The second-order valence-corrected chi connectivity index (χ2v) is 6.72. The van der Waals surface area contributed by atoms with Crippen LogP contribution in [0.5, 0.6) is 11.5 Å². The topological polar surface area (TPSA) is 59.1 Å². The highest BCUT2D eigenvalue weighted by Crippen LogP contribution is 2.33. The van der Waals surface area contributed by atoms with Crippen LogP contribution in [0.1, 0.15) is 35.2 Å². The molecule has 0 N–H and O–H groups in total. The molecule has 25 heavy (non-hydrogen) atoms. The number of methoxy groups -OCH3 is 2. The Labute approximate surface area is 148 Å². The third-order valence-corrected chi connectivity index (χ3v) is 5.03. The highest BCUT2D eigenvalue weighted by Gasteiger charge is 2.34. The SMILES string of the molecule is COc1ccc(C(=O)N2CCCN(C(=O)C3CC3)CC2)c(OC)c1C. The fraction of sp³-hybridized carbons (Fsp3) is 0.579. The fourth-order valence-electron chi connectivity index (χ4n) is 3.43. The van der Waals surface area contributed by atoms with E-state index in [0.717, 1.165) is 31.4 Å². The highest BCUT2D eigenvalue weighted by atomic mass is 16.5. The van der Waals surface area contributed by atoms with Crippen LogP contribution in [0.15, 0.2) is 12.1 Å². The first-order valence-corrected chi connectivity index (χ1v) is 8.86. The average molecular weight is 346 g/mol. The van der Waals surface area contributed by atoms with Crippen molar-refractivity contribution in [3.63, 3.8) is 0 Å². The molecule has 2 aliphatic rings. The van der Waals surface area contributed by atoms with Gasteiger partial charge < -0.3 is 19.3 Å². The minimum absolute atomic E-state index is 0.0525. The molecule has 6 heteroatoms. The molecule has 1 aliphatic heterocycles. The molecule has 0 bridgehead atoms. The van der Waals surface area contributed by atoms with Crippen molar-refractivity contribution in [2.75, 3.05) is 40.4 Å². The minimum Gasteiger partial charge on any atom is -0.496 e. The van der Waals surface area contributed by atoms with Crippen molar-refractivity contribution >= 4 is 11.8 Å². The fourth-order valence-corrected chi connectivity index (χ4v) is 3.43. The number of carbonyl (C=O) groups is 2. The molecule has 1 saturated carbocycles. The first-order chi connectivity index (χ1) is 12.1. The van der Waals surface area contributed by atoms with Gasteiger partial charge >= 0.3 is 0 Å². The van der Waals surface area contributed by atoms with Gasteiger partial charge in [-0.15, -0.1) is 0 Å². The molecular weight excluding hydrogens is 320 g/mol. The maximum absolute atomic E-state index is 13.0. The van der Waals surface area contributed by atoms with E-state index in [0.29, 0.717) is 36.7 Å². The van der Waals surface area contributed by atoms with Gasteiger partial charge in [-0.1, -0.05) is 0 Å². The van der Waals surface area contributed by atoms with Crippen LogP contribution in [0.2, 0.25) is 0 Å². The maximum atomic E-state index is 13.0. The lowest BCUT2D eigenvalue weighted by Gasteiger charge is -2.23. The Balaban J connectivity index is 1.74. The first-order valence-electron chi connectivity index (χ1n) is 8.86. The third-order valence-electron chi connectivity index (χ3n) is 5.03. The predicted molar refractivity (Wildman–Crippen MR) is 94.1 cm³/mol. The zero-order valence-electron chi connectivity index (χ0n) is 15.2. The quantitative estimate of drug-likeness (QED) is 0.838. The monoisotopic (exact) mass is 346 g/mol. The summed E-state index contributed by atoms with van der Waals surface area (Å²) in [5.74, 6) is 1.69. The van der Waals surface area contributed by atoms with Crippen LogP contribution in [-0.4, -0.2) is 62.0 Å². The van der Waals surface area contributed by atoms with Crippen LogP contribution in [-0.2, 0) is 4.79 Å². The van der Waals surface area contributed by atoms with Gasteiger partial charge in [0.2, 0.25) is 5.91 Å². The molecule has 2 fully saturated rings. The first kappa shape index (κ1) is 17.6. The Bertz CT molecular complexity index is 670. The van der Waals surface area contributed by atoms with Gasteiger partial charge in [-0.25, -0.2) is 0 Å². The largest absolute Gasteiger partial charge is 0.496 e. The lowest BCUT2D eigenvalue weighted by molar-refractivity contribution is -0.132. The molecule has 6 nitrogen and oxygen atoms in total. The molecule has 1 heterocycles. The van der Waals surface area contributed by atoms with Crippen molar-refractivity contribution in [1.82, 2.24) is 9.80 Å². The van der Waals surface area contributed by atoms with Crippen molar-refractivity contribution in [3.8, 4) is 11.5 Å². The summed E-state index contributed by atoms with van der Waals surface area (Å²) in [6.45, 7) is 4.44. The lowest BCUT2D eigenvalue weighted by atomic mass is 10.1. The van der Waals surface area contributed by atoms with Gasteiger partial charge in [-0.3, -0.25) is 9.59 Å². The van der Waals surface area contributed by atoms with Gasteiger partial charge in [0, 0.05) is 37.7 Å². The van der Waals surface area contributed by atoms with E-state index in [4.69, 9.17) is 9.47 Å². The number of amides is 2. The minimum atomic E-state index is -0.0525. The number of carbonyl (C=O) groups excluding carboxylic acids is 2. The van der Waals surface area contributed by atoms with Gasteiger partial charge in [0.1, 0.15) is 11.5 Å². The summed E-state index contributed by atoms with van der Waals surface area (Å²) < 4.78 is 10.8. The molecule has 0 radical (unpaired) electrons. The Morgan fingerprint density at radius 2 is 1.68 bits per heavy atom. The predicted octanol–water partition coefficient (Wildman–Crippen LogP) is 2.10. The third kappa shape index (κ3) is 3.57. The molecular formula is C19H26N2O4. The average Bonchev–Trinajstić information content (AvgIpc) is 3.46. The van der Waals surface area contributed by atoms with E-state index in [9.17, 15) is 9.59 Å².